The summed E-state index contributed by atoms with van der Waals surface area (Å²) >= 11 is 0. The lowest BCUT2D eigenvalue weighted by Gasteiger charge is -2.52. The number of ether oxygens (including phenoxy) is 1. The number of nitrogens with zero attached hydrogens (tertiary/aromatic N) is 1. The van der Waals surface area contributed by atoms with Gasteiger partial charge in [0.25, 0.3) is 0 Å². The van der Waals surface area contributed by atoms with Crippen molar-refractivity contribution >= 4 is 23.2 Å². The van der Waals surface area contributed by atoms with E-state index < -0.39 is 17.6 Å². The summed E-state index contributed by atoms with van der Waals surface area (Å²) in [6, 6.07) is 15.4. The molecule has 2 aliphatic heterocycles. The molecule has 1 N–H and O–H groups in total. The van der Waals surface area contributed by atoms with E-state index in [2.05, 4.69) is 5.32 Å². The molecular weight excluding hydrogens is 380 g/mol. The summed E-state index contributed by atoms with van der Waals surface area (Å²) in [6.07, 6.45) is 5.05. The number of allylic oxidation sites excluding steroid dienone is 1. The maximum absolute atomic E-state index is 13.3. The van der Waals surface area contributed by atoms with E-state index in [4.69, 9.17) is 4.74 Å². The van der Waals surface area contributed by atoms with E-state index >= 15 is 0 Å². The Balaban J connectivity index is 1.69. The minimum absolute atomic E-state index is 0.0690. The third-order valence-corrected chi connectivity index (χ3v) is 6.13. The van der Waals surface area contributed by atoms with Gasteiger partial charge in [-0.05, 0) is 41.0 Å². The maximum atomic E-state index is 13.3. The van der Waals surface area contributed by atoms with Gasteiger partial charge in [0, 0.05) is 12.5 Å². The van der Waals surface area contributed by atoms with Crippen molar-refractivity contribution in [2.24, 2.45) is 0 Å². The Morgan fingerprint density at radius 1 is 1.03 bits per heavy atom. The van der Waals surface area contributed by atoms with Crippen LogP contribution in [0.4, 0.5) is 0 Å². The molecule has 2 heterocycles. The predicted molar refractivity (Wildman–Crippen MR) is 110 cm³/mol. The zero-order chi connectivity index (χ0) is 20.9. The summed E-state index contributed by atoms with van der Waals surface area (Å²) in [7, 11) is 1.58. The van der Waals surface area contributed by atoms with Crippen LogP contribution in [0.1, 0.15) is 23.6 Å². The lowest BCUT2D eigenvalue weighted by atomic mass is 9.72. The molecule has 3 aliphatic rings. The van der Waals surface area contributed by atoms with Crippen molar-refractivity contribution in [3.05, 3.63) is 84.0 Å². The molecule has 1 fully saturated rings. The second-order valence-electron chi connectivity index (χ2n) is 7.70. The Morgan fingerprint density at radius 3 is 2.47 bits per heavy atom. The molecule has 30 heavy (non-hydrogen) atoms. The molecule has 0 aromatic heterocycles. The Kier molecular flexibility index (Phi) is 4.10. The van der Waals surface area contributed by atoms with Gasteiger partial charge in [-0.1, -0.05) is 42.5 Å². The Hall–Kier alpha value is -3.67. The molecule has 1 saturated heterocycles. The Bertz CT molecular complexity index is 1100. The van der Waals surface area contributed by atoms with E-state index in [0.29, 0.717) is 11.3 Å². The van der Waals surface area contributed by atoms with Crippen molar-refractivity contribution in [1.29, 1.82) is 0 Å². The summed E-state index contributed by atoms with van der Waals surface area (Å²) in [4.78, 5) is 40.3. The van der Waals surface area contributed by atoms with Crippen LogP contribution in [0.25, 0.3) is 5.57 Å². The predicted octanol–water partition coefficient (Wildman–Crippen LogP) is 2.43. The lowest BCUT2D eigenvalue weighted by molar-refractivity contribution is -0.147. The number of nitrogens with one attached hydrogen (secondary N) is 1. The molecule has 3 atom stereocenters. The van der Waals surface area contributed by atoms with Crippen molar-refractivity contribution < 1.29 is 19.1 Å². The van der Waals surface area contributed by atoms with Crippen LogP contribution in [0.15, 0.2) is 72.8 Å². The summed E-state index contributed by atoms with van der Waals surface area (Å²) < 4.78 is 5.22. The zero-order valence-electron chi connectivity index (χ0n) is 16.4. The summed E-state index contributed by atoms with van der Waals surface area (Å²) in [5.41, 5.74) is 1.46. The van der Waals surface area contributed by atoms with E-state index in [9.17, 15) is 14.4 Å². The monoisotopic (exact) mass is 400 g/mol. The topological polar surface area (TPSA) is 75.7 Å². The van der Waals surface area contributed by atoms with Crippen LogP contribution < -0.4 is 10.1 Å². The average molecular weight is 400 g/mol. The molecule has 2 aromatic rings. The number of methoxy groups -OCH3 is 1. The van der Waals surface area contributed by atoms with Gasteiger partial charge in [-0.2, -0.15) is 0 Å². The number of piperazine rings is 1. The van der Waals surface area contributed by atoms with Crippen LogP contribution in [-0.4, -0.2) is 41.2 Å². The highest BCUT2D eigenvalue weighted by Crippen LogP contribution is 2.50. The molecule has 0 saturated carbocycles. The van der Waals surface area contributed by atoms with Crippen LogP contribution in [0.5, 0.6) is 5.75 Å². The highest BCUT2D eigenvalue weighted by Gasteiger charge is 2.60. The van der Waals surface area contributed by atoms with Gasteiger partial charge in [-0.3, -0.25) is 14.4 Å². The molecule has 6 nitrogen and oxygen atoms in total. The number of amides is 2. The van der Waals surface area contributed by atoms with E-state index in [0.717, 1.165) is 11.1 Å². The molecule has 150 valence electrons. The van der Waals surface area contributed by atoms with Crippen LogP contribution in [0.2, 0.25) is 0 Å². The summed E-state index contributed by atoms with van der Waals surface area (Å²) in [5.74, 6) is 0.0653. The van der Waals surface area contributed by atoms with E-state index in [1.807, 2.05) is 30.3 Å². The quantitative estimate of drug-likeness (QED) is 0.859. The fraction of sp³-hybridized carbons (Fsp3) is 0.208. The minimum atomic E-state index is -0.912. The first kappa shape index (κ1) is 18.4. The maximum Gasteiger partial charge on any atom is 0.248 e. The van der Waals surface area contributed by atoms with Gasteiger partial charge in [0.05, 0.1) is 13.2 Å². The normalized spacial score (nSPS) is 27.3. The van der Waals surface area contributed by atoms with Crippen LogP contribution >= 0.6 is 0 Å². The molecule has 6 heteroatoms. The minimum Gasteiger partial charge on any atom is -0.497 e. The average Bonchev–Trinajstić information content (AvgIpc) is 3.06. The SMILES string of the molecule is COc1ccc([C@@H]2C(=O)N[C@@H]3CC(=O)C=C[C@@]34C(c3ccccc3)=CC(=O)N24)cc1. The molecule has 0 bridgehead atoms. The number of hydrogen-bond donors (Lipinski definition) is 1. The molecule has 1 aliphatic carbocycles. The fourth-order valence-corrected chi connectivity index (χ4v) is 4.80. The molecule has 1 spiro atoms. The van der Waals surface area contributed by atoms with Gasteiger partial charge < -0.3 is 15.0 Å². The Labute approximate surface area is 173 Å². The number of hydrogen-bond acceptors (Lipinski definition) is 4. The van der Waals surface area contributed by atoms with Gasteiger partial charge in [-0.15, -0.1) is 0 Å². The van der Waals surface area contributed by atoms with Gasteiger partial charge in [-0.25, -0.2) is 0 Å². The zero-order valence-corrected chi connectivity index (χ0v) is 16.4. The highest BCUT2D eigenvalue weighted by molar-refractivity contribution is 6.10. The first-order valence-corrected chi connectivity index (χ1v) is 9.82. The lowest BCUT2D eigenvalue weighted by Crippen LogP contribution is -2.69. The molecule has 2 amide bonds. The number of benzene rings is 2. The third kappa shape index (κ3) is 2.53. The van der Waals surface area contributed by atoms with Crippen molar-refractivity contribution in [3.8, 4) is 5.75 Å². The number of carbonyl (C=O) groups excluding carboxylic acids is 3. The fourth-order valence-electron chi connectivity index (χ4n) is 4.80. The second-order valence-corrected chi connectivity index (χ2v) is 7.70. The van der Waals surface area contributed by atoms with Gasteiger partial charge in [0.15, 0.2) is 5.78 Å². The van der Waals surface area contributed by atoms with E-state index in [1.54, 1.807) is 48.4 Å². The second kappa shape index (κ2) is 6.69. The van der Waals surface area contributed by atoms with Crippen molar-refractivity contribution in [2.75, 3.05) is 7.11 Å². The molecule has 0 unspecified atom stereocenters. The third-order valence-electron chi connectivity index (χ3n) is 6.13. The van der Waals surface area contributed by atoms with Crippen LogP contribution in [0, 0.1) is 0 Å². The van der Waals surface area contributed by atoms with E-state index in [-0.39, 0.29) is 24.0 Å². The summed E-state index contributed by atoms with van der Waals surface area (Å²) in [5, 5.41) is 3.03. The van der Waals surface area contributed by atoms with Gasteiger partial charge in [0.1, 0.15) is 17.3 Å². The first-order valence-electron chi connectivity index (χ1n) is 9.82. The number of carbonyl (C=O) groups is 3. The number of ketones is 1. The van der Waals surface area contributed by atoms with Gasteiger partial charge >= 0.3 is 0 Å². The van der Waals surface area contributed by atoms with Crippen molar-refractivity contribution in [2.45, 2.75) is 24.0 Å². The van der Waals surface area contributed by atoms with Crippen molar-refractivity contribution in [3.63, 3.8) is 0 Å². The molecule has 2 aromatic carbocycles. The molecule has 5 rings (SSSR count). The van der Waals surface area contributed by atoms with Gasteiger partial charge in [0.2, 0.25) is 11.8 Å². The largest absolute Gasteiger partial charge is 0.497 e. The van der Waals surface area contributed by atoms with Crippen LogP contribution in [-0.2, 0) is 14.4 Å². The van der Waals surface area contributed by atoms with Crippen LogP contribution in [0.3, 0.4) is 0 Å². The van der Waals surface area contributed by atoms with E-state index in [1.165, 1.54) is 6.08 Å². The Morgan fingerprint density at radius 2 is 1.77 bits per heavy atom. The highest BCUT2D eigenvalue weighted by atomic mass is 16.5. The summed E-state index contributed by atoms with van der Waals surface area (Å²) in [6.45, 7) is 0. The number of rotatable bonds is 3. The first-order chi connectivity index (χ1) is 14.5. The smallest absolute Gasteiger partial charge is 0.248 e. The molecular formula is C24H20N2O4. The molecule has 0 radical (unpaired) electrons. The standard InChI is InChI=1S/C24H20N2O4/c1-30-18-9-7-16(8-10-18)22-23(29)25-20-13-17(27)11-12-24(20)19(14-21(28)26(22)24)15-5-3-2-4-6-15/h2-12,14,20,22H,13H2,1H3,(H,25,29)/t20-,22-,24-/m1/s1. The van der Waals surface area contributed by atoms with Crippen molar-refractivity contribution in [1.82, 2.24) is 10.2 Å².